The number of imide groups is 1. The highest BCUT2D eigenvalue weighted by molar-refractivity contribution is 6.22. The number of methoxy groups -OCH3 is 1. The topological polar surface area (TPSA) is 104 Å². The van der Waals surface area contributed by atoms with Crippen LogP contribution in [0.15, 0.2) is 48.7 Å². The van der Waals surface area contributed by atoms with Crippen molar-refractivity contribution < 1.29 is 19.1 Å². The Balaban J connectivity index is 1.39. The van der Waals surface area contributed by atoms with Crippen LogP contribution in [-0.4, -0.2) is 42.4 Å². The van der Waals surface area contributed by atoms with Crippen molar-refractivity contribution in [3.8, 4) is 5.75 Å². The molecule has 0 radical (unpaired) electrons. The fourth-order valence-electron chi connectivity index (χ4n) is 3.83. The molecule has 3 aromatic rings. The van der Waals surface area contributed by atoms with Crippen LogP contribution in [0.1, 0.15) is 18.9 Å². The van der Waals surface area contributed by atoms with Crippen molar-refractivity contribution in [3.05, 3.63) is 54.2 Å². The van der Waals surface area contributed by atoms with E-state index in [1.165, 1.54) is 11.8 Å². The molecule has 1 aliphatic heterocycles. The molecule has 2 aromatic carbocycles. The summed E-state index contributed by atoms with van der Waals surface area (Å²) in [7, 11) is 1.64. The number of H-pyrrole nitrogens is 1. The maximum Gasteiger partial charge on any atom is 0.251 e. The Labute approximate surface area is 179 Å². The van der Waals surface area contributed by atoms with E-state index in [-0.39, 0.29) is 24.1 Å². The highest BCUT2D eigenvalue weighted by Gasteiger charge is 2.39. The summed E-state index contributed by atoms with van der Waals surface area (Å²) < 4.78 is 5.30. The van der Waals surface area contributed by atoms with Gasteiger partial charge in [-0.1, -0.05) is 0 Å². The third-order valence-corrected chi connectivity index (χ3v) is 5.35. The second kappa shape index (κ2) is 8.61. The summed E-state index contributed by atoms with van der Waals surface area (Å²) in [4.78, 5) is 40.9. The second-order valence-corrected chi connectivity index (χ2v) is 7.48. The molecule has 8 nitrogen and oxygen atoms in total. The highest BCUT2D eigenvalue weighted by atomic mass is 16.5. The molecule has 0 bridgehead atoms. The van der Waals surface area contributed by atoms with Gasteiger partial charge in [0.2, 0.25) is 11.8 Å². The number of aromatic amines is 1. The highest BCUT2D eigenvalue weighted by Crippen LogP contribution is 2.26. The van der Waals surface area contributed by atoms with E-state index in [0.29, 0.717) is 24.3 Å². The van der Waals surface area contributed by atoms with Crippen LogP contribution >= 0.6 is 0 Å². The lowest BCUT2D eigenvalue weighted by molar-refractivity contribution is -0.121. The lowest BCUT2D eigenvalue weighted by Gasteiger charge is -2.16. The smallest absolute Gasteiger partial charge is 0.251 e. The second-order valence-electron chi connectivity index (χ2n) is 7.48. The molecule has 1 aliphatic rings. The van der Waals surface area contributed by atoms with Crippen LogP contribution in [0.25, 0.3) is 10.9 Å². The molecule has 3 amide bonds. The average molecular weight is 420 g/mol. The molecule has 1 atom stereocenters. The molecule has 3 N–H and O–H groups in total. The normalized spacial score (nSPS) is 16.2. The predicted molar refractivity (Wildman–Crippen MR) is 118 cm³/mol. The van der Waals surface area contributed by atoms with E-state index in [2.05, 4.69) is 15.6 Å². The van der Waals surface area contributed by atoms with Gasteiger partial charge in [0.15, 0.2) is 0 Å². The van der Waals surface area contributed by atoms with Crippen LogP contribution in [-0.2, 0) is 20.8 Å². The molecule has 2 heterocycles. The zero-order valence-electron chi connectivity index (χ0n) is 17.4. The maximum absolute atomic E-state index is 12.8. The van der Waals surface area contributed by atoms with Gasteiger partial charge in [-0.15, -0.1) is 0 Å². The Morgan fingerprint density at radius 3 is 2.68 bits per heavy atom. The number of ether oxygens (including phenoxy) is 1. The molecule has 31 heavy (non-hydrogen) atoms. The van der Waals surface area contributed by atoms with E-state index >= 15 is 0 Å². The average Bonchev–Trinajstić information content (AvgIpc) is 3.28. The largest absolute Gasteiger partial charge is 0.497 e. The molecule has 160 valence electrons. The summed E-state index contributed by atoms with van der Waals surface area (Å²) in [5.74, 6) is 0.0986. The van der Waals surface area contributed by atoms with Crippen molar-refractivity contribution >= 4 is 40.0 Å². The zero-order chi connectivity index (χ0) is 22.0. The first-order chi connectivity index (χ1) is 15.0. The Morgan fingerprint density at radius 1 is 1.19 bits per heavy atom. The molecule has 1 fully saturated rings. The first-order valence-electron chi connectivity index (χ1n) is 10.1. The first-order valence-corrected chi connectivity index (χ1v) is 10.1. The van der Waals surface area contributed by atoms with Crippen LogP contribution in [0.3, 0.4) is 0 Å². The van der Waals surface area contributed by atoms with Gasteiger partial charge in [-0.25, -0.2) is 4.90 Å². The number of anilines is 2. The van der Waals surface area contributed by atoms with Crippen molar-refractivity contribution in [3.63, 3.8) is 0 Å². The number of amides is 3. The van der Waals surface area contributed by atoms with Crippen LogP contribution in [0.4, 0.5) is 11.4 Å². The number of nitrogens with one attached hydrogen (secondary N) is 3. The number of aromatic nitrogens is 1. The molecular formula is C23H24N4O4. The van der Waals surface area contributed by atoms with Gasteiger partial charge in [0.05, 0.1) is 25.3 Å². The van der Waals surface area contributed by atoms with Gasteiger partial charge in [-0.3, -0.25) is 14.4 Å². The van der Waals surface area contributed by atoms with E-state index in [4.69, 9.17) is 4.74 Å². The minimum absolute atomic E-state index is 0.119. The van der Waals surface area contributed by atoms with Crippen LogP contribution < -0.4 is 20.3 Å². The van der Waals surface area contributed by atoms with Crippen molar-refractivity contribution in [2.75, 3.05) is 23.9 Å². The van der Waals surface area contributed by atoms with Gasteiger partial charge in [-0.2, -0.15) is 0 Å². The molecule has 1 unspecified atom stereocenters. The van der Waals surface area contributed by atoms with Gasteiger partial charge in [0.25, 0.3) is 5.91 Å². The van der Waals surface area contributed by atoms with Gasteiger partial charge in [0, 0.05) is 36.3 Å². The van der Waals surface area contributed by atoms with E-state index in [1.54, 1.807) is 31.4 Å². The van der Waals surface area contributed by atoms with Gasteiger partial charge in [0.1, 0.15) is 5.75 Å². The van der Waals surface area contributed by atoms with Crippen molar-refractivity contribution in [2.45, 2.75) is 25.8 Å². The van der Waals surface area contributed by atoms with Gasteiger partial charge in [-0.05, 0) is 54.4 Å². The lowest BCUT2D eigenvalue weighted by atomic mass is 10.1. The van der Waals surface area contributed by atoms with Crippen molar-refractivity contribution in [1.82, 2.24) is 10.3 Å². The predicted octanol–water partition coefficient (Wildman–Crippen LogP) is 2.60. The summed E-state index contributed by atoms with van der Waals surface area (Å²) in [6.45, 7) is 1.98. The molecule has 0 saturated carbocycles. The summed E-state index contributed by atoms with van der Waals surface area (Å²) in [5, 5.41) is 6.96. The van der Waals surface area contributed by atoms with E-state index in [0.717, 1.165) is 22.2 Å². The van der Waals surface area contributed by atoms with E-state index in [1.807, 2.05) is 24.4 Å². The fourth-order valence-corrected chi connectivity index (χ4v) is 3.83. The SMILES string of the molecule is COc1ccc2[nH]cc(CCNC3CC(=O)N(c4ccc(NC(C)=O)cc4)C3=O)c2c1. The quantitative estimate of drug-likeness (QED) is 0.510. The van der Waals surface area contributed by atoms with Crippen molar-refractivity contribution in [2.24, 2.45) is 0 Å². The number of nitrogens with zero attached hydrogens (tertiary/aromatic N) is 1. The number of benzene rings is 2. The van der Waals surface area contributed by atoms with Gasteiger partial charge < -0.3 is 20.4 Å². The third-order valence-electron chi connectivity index (χ3n) is 5.35. The zero-order valence-corrected chi connectivity index (χ0v) is 17.4. The minimum atomic E-state index is -0.553. The number of carbonyl (C=O) groups is 3. The Kier molecular flexibility index (Phi) is 5.73. The fraction of sp³-hybridized carbons (Fsp3) is 0.261. The Bertz CT molecular complexity index is 1140. The molecular weight excluding hydrogens is 396 g/mol. The first kappa shape index (κ1) is 20.6. The van der Waals surface area contributed by atoms with Crippen LogP contribution in [0.5, 0.6) is 5.75 Å². The number of carbonyl (C=O) groups excluding carboxylic acids is 3. The summed E-state index contributed by atoms with van der Waals surface area (Å²) in [6.07, 6.45) is 2.78. The maximum atomic E-state index is 12.8. The monoisotopic (exact) mass is 420 g/mol. The number of hydrogen-bond acceptors (Lipinski definition) is 5. The molecule has 8 heteroatoms. The summed E-state index contributed by atoms with van der Waals surface area (Å²) in [5.41, 5.74) is 3.25. The number of hydrogen-bond donors (Lipinski definition) is 3. The van der Waals surface area contributed by atoms with Crippen molar-refractivity contribution in [1.29, 1.82) is 0 Å². The summed E-state index contributed by atoms with van der Waals surface area (Å²) >= 11 is 0. The number of rotatable bonds is 7. The van der Waals surface area contributed by atoms with E-state index in [9.17, 15) is 14.4 Å². The number of fused-ring (bicyclic) bond motifs is 1. The Morgan fingerprint density at radius 2 is 1.97 bits per heavy atom. The lowest BCUT2D eigenvalue weighted by Crippen LogP contribution is -2.39. The Hall–Kier alpha value is -3.65. The molecule has 0 spiro atoms. The van der Waals surface area contributed by atoms with E-state index < -0.39 is 6.04 Å². The van der Waals surface area contributed by atoms with Gasteiger partial charge >= 0.3 is 0 Å². The summed E-state index contributed by atoms with van der Waals surface area (Å²) in [6, 6.07) is 12.0. The molecule has 0 aliphatic carbocycles. The molecule has 4 rings (SSSR count). The molecule has 1 aromatic heterocycles. The standard InChI is InChI=1S/C23H24N4O4/c1-14(28)26-16-3-5-17(6-4-16)27-22(29)12-21(23(27)30)24-10-9-15-13-25-20-8-7-18(31-2)11-19(15)20/h3-8,11,13,21,24-25H,9-10,12H2,1-2H3,(H,26,28). The van der Waals surface area contributed by atoms with Crippen LogP contribution in [0, 0.1) is 0 Å². The van der Waals surface area contributed by atoms with Crippen LogP contribution in [0.2, 0.25) is 0 Å². The third kappa shape index (κ3) is 4.29. The molecule has 1 saturated heterocycles. The minimum Gasteiger partial charge on any atom is -0.497 e.